The Morgan fingerprint density at radius 1 is 1.17 bits per heavy atom. The van der Waals surface area contributed by atoms with Crippen molar-refractivity contribution in [3.8, 4) is 5.69 Å². The zero-order chi connectivity index (χ0) is 16.1. The van der Waals surface area contributed by atoms with Crippen molar-refractivity contribution in [1.29, 1.82) is 0 Å². The summed E-state index contributed by atoms with van der Waals surface area (Å²) in [6.07, 6.45) is 5.96. The fraction of sp³-hybridized carbons (Fsp3) is 0. The number of hydrogen-bond donors (Lipinski definition) is 1. The molecular weight excluding hydrogens is 295 g/mol. The first kappa shape index (κ1) is 14.6. The highest BCUT2D eigenvalue weighted by atomic mass is 19.1. The lowest BCUT2D eigenvalue weighted by molar-refractivity contribution is -0.111. The van der Waals surface area contributed by atoms with Crippen molar-refractivity contribution in [3.05, 3.63) is 78.6 Å². The van der Waals surface area contributed by atoms with Gasteiger partial charge in [0.1, 0.15) is 18.5 Å². The van der Waals surface area contributed by atoms with Crippen LogP contribution in [0.5, 0.6) is 0 Å². The fourth-order valence-corrected chi connectivity index (χ4v) is 2.01. The molecule has 0 saturated carbocycles. The smallest absolute Gasteiger partial charge is 0.248 e. The maximum atomic E-state index is 13.0. The van der Waals surface area contributed by atoms with Crippen LogP contribution in [-0.4, -0.2) is 20.7 Å². The second-order valence-electron chi connectivity index (χ2n) is 4.76. The van der Waals surface area contributed by atoms with E-state index in [9.17, 15) is 9.18 Å². The average molecular weight is 308 g/mol. The molecule has 0 aliphatic carbocycles. The van der Waals surface area contributed by atoms with E-state index < -0.39 is 0 Å². The molecule has 6 heteroatoms. The highest BCUT2D eigenvalue weighted by Gasteiger charge is 2.00. The van der Waals surface area contributed by atoms with Crippen molar-refractivity contribution in [2.75, 3.05) is 5.32 Å². The molecule has 0 spiro atoms. The summed E-state index contributed by atoms with van der Waals surface area (Å²) in [7, 11) is 0. The number of nitrogens with one attached hydrogen (secondary N) is 1. The lowest BCUT2D eigenvalue weighted by Gasteiger charge is -2.04. The van der Waals surface area contributed by atoms with Crippen LogP contribution in [0, 0.1) is 5.82 Å². The molecule has 23 heavy (non-hydrogen) atoms. The maximum Gasteiger partial charge on any atom is 0.248 e. The molecule has 0 atom stereocenters. The van der Waals surface area contributed by atoms with Crippen LogP contribution in [0.25, 0.3) is 11.8 Å². The van der Waals surface area contributed by atoms with Crippen LogP contribution < -0.4 is 5.32 Å². The minimum Gasteiger partial charge on any atom is -0.323 e. The molecule has 1 aromatic heterocycles. The largest absolute Gasteiger partial charge is 0.323 e. The summed E-state index contributed by atoms with van der Waals surface area (Å²) in [6, 6.07) is 13.2. The number of carbonyl (C=O) groups is 1. The topological polar surface area (TPSA) is 59.8 Å². The third kappa shape index (κ3) is 3.88. The van der Waals surface area contributed by atoms with E-state index in [1.54, 1.807) is 41.4 Å². The second-order valence-corrected chi connectivity index (χ2v) is 4.76. The molecular formula is C17H13FN4O. The zero-order valence-electron chi connectivity index (χ0n) is 12.1. The van der Waals surface area contributed by atoms with Crippen LogP contribution in [0.4, 0.5) is 10.1 Å². The number of nitrogens with zero attached hydrogens (tertiary/aromatic N) is 3. The minimum absolute atomic E-state index is 0.289. The molecule has 3 aromatic rings. The average Bonchev–Trinajstić information content (AvgIpc) is 3.08. The Labute approximate surface area is 132 Å². The summed E-state index contributed by atoms with van der Waals surface area (Å²) in [4.78, 5) is 15.7. The summed E-state index contributed by atoms with van der Waals surface area (Å²) in [5.41, 5.74) is 2.13. The molecule has 1 N–H and O–H groups in total. The molecule has 2 aromatic carbocycles. The first-order valence-electron chi connectivity index (χ1n) is 6.90. The van der Waals surface area contributed by atoms with Crippen LogP contribution in [0.2, 0.25) is 0 Å². The van der Waals surface area contributed by atoms with Crippen LogP contribution in [0.3, 0.4) is 0 Å². The molecule has 0 aliphatic heterocycles. The lowest BCUT2D eigenvalue weighted by atomic mass is 10.2. The summed E-state index contributed by atoms with van der Waals surface area (Å²) in [5.74, 6) is -0.626. The van der Waals surface area contributed by atoms with E-state index in [1.165, 1.54) is 24.5 Å². The zero-order valence-corrected chi connectivity index (χ0v) is 12.1. The predicted molar refractivity (Wildman–Crippen MR) is 85.4 cm³/mol. The van der Waals surface area contributed by atoms with E-state index in [-0.39, 0.29) is 11.7 Å². The van der Waals surface area contributed by atoms with E-state index in [4.69, 9.17) is 0 Å². The van der Waals surface area contributed by atoms with Gasteiger partial charge < -0.3 is 5.32 Å². The number of hydrogen-bond acceptors (Lipinski definition) is 3. The van der Waals surface area contributed by atoms with E-state index in [0.717, 1.165) is 5.69 Å². The van der Waals surface area contributed by atoms with Gasteiger partial charge in [-0.1, -0.05) is 12.1 Å². The van der Waals surface area contributed by atoms with Crippen molar-refractivity contribution in [3.63, 3.8) is 0 Å². The van der Waals surface area contributed by atoms with Gasteiger partial charge in [0.15, 0.2) is 0 Å². The molecule has 1 heterocycles. The number of rotatable bonds is 4. The third-order valence-corrected chi connectivity index (χ3v) is 3.09. The normalized spacial score (nSPS) is 10.8. The quantitative estimate of drug-likeness (QED) is 0.754. The summed E-state index contributed by atoms with van der Waals surface area (Å²) in [5, 5.41) is 6.76. The van der Waals surface area contributed by atoms with E-state index in [2.05, 4.69) is 15.4 Å². The van der Waals surface area contributed by atoms with E-state index >= 15 is 0 Å². The Bertz CT molecular complexity index is 826. The van der Waals surface area contributed by atoms with Gasteiger partial charge in [-0.2, -0.15) is 5.10 Å². The monoisotopic (exact) mass is 308 g/mol. The Morgan fingerprint density at radius 3 is 2.70 bits per heavy atom. The number of halogens is 1. The molecule has 114 valence electrons. The number of benzene rings is 2. The van der Waals surface area contributed by atoms with Gasteiger partial charge in [0.05, 0.1) is 5.69 Å². The second kappa shape index (κ2) is 6.65. The van der Waals surface area contributed by atoms with Crippen molar-refractivity contribution < 1.29 is 9.18 Å². The molecule has 5 nitrogen and oxygen atoms in total. The van der Waals surface area contributed by atoms with Gasteiger partial charge in [-0.15, -0.1) is 0 Å². The Balaban J connectivity index is 1.64. The standard InChI is InChI=1S/C17H13FN4O/c18-14-3-1-2-13(10-14)4-9-17(23)21-15-5-7-16(8-6-15)22-12-19-11-20-22/h1-12H,(H,21,23)/b9-4+. The number of anilines is 1. The third-order valence-electron chi connectivity index (χ3n) is 3.09. The highest BCUT2D eigenvalue weighted by Crippen LogP contribution is 2.12. The molecule has 3 rings (SSSR count). The van der Waals surface area contributed by atoms with Gasteiger partial charge in [0.25, 0.3) is 0 Å². The van der Waals surface area contributed by atoms with E-state index in [1.807, 2.05) is 12.1 Å². The van der Waals surface area contributed by atoms with Crippen molar-refractivity contribution >= 4 is 17.7 Å². The minimum atomic E-state index is -0.337. The summed E-state index contributed by atoms with van der Waals surface area (Å²) >= 11 is 0. The van der Waals surface area contributed by atoms with Crippen LogP contribution >= 0.6 is 0 Å². The predicted octanol–water partition coefficient (Wildman–Crippen LogP) is 3.06. The Hall–Kier alpha value is -3.28. The number of carbonyl (C=O) groups excluding carboxylic acids is 1. The molecule has 0 unspecified atom stereocenters. The first-order valence-corrected chi connectivity index (χ1v) is 6.90. The van der Waals surface area contributed by atoms with Crippen molar-refractivity contribution in [1.82, 2.24) is 14.8 Å². The Kier molecular flexibility index (Phi) is 4.24. The lowest BCUT2D eigenvalue weighted by Crippen LogP contribution is -2.07. The fourth-order valence-electron chi connectivity index (χ4n) is 2.01. The van der Waals surface area contributed by atoms with Gasteiger partial charge in [-0.3, -0.25) is 4.79 Å². The van der Waals surface area contributed by atoms with Crippen molar-refractivity contribution in [2.24, 2.45) is 0 Å². The van der Waals surface area contributed by atoms with Gasteiger partial charge in [-0.05, 0) is 48.0 Å². The molecule has 1 amide bonds. The Morgan fingerprint density at radius 2 is 2.00 bits per heavy atom. The van der Waals surface area contributed by atoms with Crippen LogP contribution in [0.1, 0.15) is 5.56 Å². The van der Waals surface area contributed by atoms with Crippen LogP contribution in [0.15, 0.2) is 67.3 Å². The highest BCUT2D eigenvalue weighted by molar-refractivity contribution is 6.01. The molecule has 0 saturated heterocycles. The summed E-state index contributed by atoms with van der Waals surface area (Å²) < 4.78 is 14.7. The van der Waals surface area contributed by atoms with Gasteiger partial charge >= 0.3 is 0 Å². The maximum absolute atomic E-state index is 13.0. The number of amides is 1. The van der Waals surface area contributed by atoms with Gasteiger partial charge in [-0.25, -0.2) is 14.1 Å². The SMILES string of the molecule is O=C(/C=C/c1cccc(F)c1)Nc1ccc(-n2cncn2)cc1. The van der Waals surface area contributed by atoms with Crippen molar-refractivity contribution in [2.45, 2.75) is 0 Å². The summed E-state index contributed by atoms with van der Waals surface area (Å²) in [6.45, 7) is 0. The molecule has 0 fully saturated rings. The first-order chi connectivity index (χ1) is 11.2. The van der Waals surface area contributed by atoms with Gasteiger partial charge in [0, 0.05) is 11.8 Å². The number of aromatic nitrogens is 3. The van der Waals surface area contributed by atoms with E-state index in [0.29, 0.717) is 11.3 Å². The molecule has 0 bridgehead atoms. The molecule has 0 aliphatic rings. The molecule has 0 radical (unpaired) electrons. The van der Waals surface area contributed by atoms with Gasteiger partial charge in [0.2, 0.25) is 5.91 Å². The van der Waals surface area contributed by atoms with Crippen LogP contribution in [-0.2, 0) is 4.79 Å².